The fourth-order valence-corrected chi connectivity index (χ4v) is 2.14. The van der Waals surface area contributed by atoms with Crippen LogP contribution in [0.3, 0.4) is 0 Å². The van der Waals surface area contributed by atoms with Gasteiger partial charge >= 0.3 is 0 Å². The molecule has 2 rings (SSSR count). The van der Waals surface area contributed by atoms with E-state index in [1.54, 1.807) is 18.4 Å². The molecule has 19 heavy (non-hydrogen) atoms. The van der Waals surface area contributed by atoms with E-state index in [1.165, 1.54) is 0 Å². The predicted molar refractivity (Wildman–Crippen MR) is 76.2 cm³/mol. The molecule has 0 amide bonds. The van der Waals surface area contributed by atoms with Crippen LogP contribution in [-0.2, 0) is 6.54 Å². The monoisotopic (exact) mass is 279 g/mol. The fourth-order valence-electron chi connectivity index (χ4n) is 2.02. The number of likely N-dealkylation sites (N-methyl/N-ethyl adjacent to an activating group) is 1. The Kier molecular flexibility index (Phi) is 4.64. The van der Waals surface area contributed by atoms with Crippen LogP contribution in [0, 0.1) is 6.92 Å². The van der Waals surface area contributed by atoms with Gasteiger partial charge in [-0.2, -0.15) is 0 Å². The Hall–Kier alpha value is -1.29. The quantitative estimate of drug-likeness (QED) is 0.911. The van der Waals surface area contributed by atoms with Crippen molar-refractivity contribution in [1.82, 2.24) is 4.90 Å². The van der Waals surface area contributed by atoms with E-state index in [9.17, 15) is 5.11 Å². The minimum absolute atomic E-state index is 0.519. The summed E-state index contributed by atoms with van der Waals surface area (Å²) in [6.45, 7) is 3.26. The molecule has 3 nitrogen and oxygen atoms in total. The summed E-state index contributed by atoms with van der Waals surface area (Å²) in [6.07, 6.45) is 1.17. The smallest absolute Gasteiger partial charge is 0.105 e. The first-order valence-corrected chi connectivity index (χ1v) is 6.59. The first kappa shape index (κ1) is 14.1. The molecule has 1 aromatic heterocycles. The molecule has 4 heteroatoms. The predicted octanol–water partition coefficient (Wildman–Crippen LogP) is 3.41. The number of furan rings is 1. The topological polar surface area (TPSA) is 36.6 Å². The van der Waals surface area contributed by atoms with E-state index in [0.717, 1.165) is 23.4 Å². The van der Waals surface area contributed by atoms with E-state index in [-0.39, 0.29) is 0 Å². The third-order valence-electron chi connectivity index (χ3n) is 3.15. The molecule has 0 spiro atoms. The Morgan fingerprint density at radius 2 is 1.95 bits per heavy atom. The Bertz CT molecular complexity index is 521. The molecule has 0 radical (unpaired) electrons. The lowest BCUT2D eigenvalue weighted by Gasteiger charge is -2.20. The van der Waals surface area contributed by atoms with E-state index >= 15 is 0 Å². The Morgan fingerprint density at radius 3 is 2.53 bits per heavy atom. The molecule has 0 aliphatic heterocycles. The molecule has 0 bridgehead atoms. The van der Waals surface area contributed by atoms with Gasteiger partial charge in [-0.1, -0.05) is 23.7 Å². The van der Waals surface area contributed by atoms with Crippen LogP contribution >= 0.6 is 11.6 Å². The maximum atomic E-state index is 10.2. The van der Waals surface area contributed by atoms with Crippen molar-refractivity contribution in [2.45, 2.75) is 19.6 Å². The van der Waals surface area contributed by atoms with Gasteiger partial charge in [-0.05, 0) is 37.7 Å². The molecule has 1 N–H and O–H groups in total. The van der Waals surface area contributed by atoms with Crippen molar-refractivity contribution in [3.8, 4) is 0 Å². The van der Waals surface area contributed by atoms with Crippen molar-refractivity contribution in [3.63, 3.8) is 0 Å². The Labute approximate surface area is 118 Å². The standard InChI is InChI=1S/C15H18ClNO2/c1-11-13(7-8-19-11)9-17(2)10-15(18)12-3-5-14(16)6-4-12/h3-8,15,18H,9-10H2,1-2H3. The molecule has 1 heterocycles. The minimum Gasteiger partial charge on any atom is -0.469 e. The van der Waals surface area contributed by atoms with Crippen LogP contribution in [0.25, 0.3) is 0 Å². The number of aliphatic hydroxyl groups excluding tert-OH is 1. The molecule has 0 saturated carbocycles. The first-order chi connectivity index (χ1) is 9.06. The van der Waals surface area contributed by atoms with Gasteiger partial charge in [0.05, 0.1) is 12.4 Å². The van der Waals surface area contributed by atoms with Gasteiger partial charge in [-0.25, -0.2) is 0 Å². The van der Waals surface area contributed by atoms with Gasteiger partial charge in [0, 0.05) is 23.7 Å². The number of aliphatic hydroxyl groups is 1. The minimum atomic E-state index is -0.519. The summed E-state index contributed by atoms with van der Waals surface area (Å²) >= 11 is 5.83. The summed E-state index contributed by atoms with van der Waals surface area (Å²) in [7, 11) is 1.98. The highest BCUT2D eigenvalue weighted by molar-refractivity contribution is 6.30. The third-order valence-corrected chi connectivity index (χ3v) is 3.40. The van der Waals surface area contributed by atoms with Gasteiger partial charge in [0.25, 0.3) is 0 Å². The van der Waals surface area contributed by atoms with Crippen LogP contribution in [0.15, 0.2) is 41.0 Å². The molecule has 0 aliphatic carbocycles. The lowest BCUT2D eigenvalue weighted by molar-refractivity contribution is 0.123. The van der Waals surface area contributed by atoms with Gasteiger partial charge in [-0.3, -0.25) is 4.90 Å². The van der Waals surface area contributed by atoms with E-state index in [4.69, 9.17) is 16.0 Å². The molecular weight excluding hydrogens is 262 g/mol. The maximum absolute atomic E-state index is 10.2. The molecule has 0 saturated heterocycles. The molecular formula is C15H18ClNO2. The number of nitrogens with zero attached hydrogens (tertiary/aromatic N) is 1. The summed E-state index contributed by atoms with van der Waals surface area (Å²) < 4.78 is 5.26. The molecule has 1 aromatic carbocycles. The van der Waals surface area contributed by atoms with Crippen LogP contribution < -0.4 is 0 Å². The summed E-state index contributed by atoms with van der Waals surface area (Å²) in [5.41, 5.74) is 2.02. The maximum Gasteiger partial charge on any atom is 0.105 e. The van der Waals surface area contributed by atoms with Crippen molar-refractivity contribution in [2.24, 2.45) is 0 Å². The normalized spacial score (nSPS) is 12.9. The lowest BCUT2D eigenvalue weighted by Crippen LogP contribution is -2.24. The number of halogens is 1. The second kappa shape index (κ2) is 6.24. The van der Waals surface area contributed by atoms with Gasteiger partial charge in [0.1, 0.15) is 5.76 Å². The van der Waals surface area contributed by atoms with E-state index in [2.05, 4.69) is 4.90 Å². The highest BCUT2D eigenvalue weighted by Gasteiger charge is 2.12. The second-order valence-electron chi connectivity index (χ2n) is 4.77. The number of hydrogen-bond acceptors (Lipinski definition) is 3. The molecule has 0 aliphatic rings. The zero-order valence-corrected chi connectivity index (χ0v) is 11.9. The third kappa shape index (κ3) is 3.83. The number of aryl methyl sites for hydroxylation is 1. The Balaban J connectivity index is 1.93. The van der Waals surface area contributed by atoms with Crippen LogP contribution in [0.1, 0.15) is 23.0 Å². The van der Waals surface area contributed by atoms with Crippen molar-refractivity contribution in [1.29, 1.82) is 0 Å². The van der Waals surface area contributed by atoms with Crippen LogP contribution in [0.5, 0.6) is 0 Å². The van der Waals surface area contributed by atoms with Crippen LogP contribution in [0.2, 0.25) is 5.02 Å². The summed E-state index contributed by atoms with van der Waals surface area (Å²) in [6, 6.07) is 9.25. The Morgan fingerprint density at radius 1 is 1.26 bits per heavy atom. The van der Waals surface area contributed by atoms with Gasteiger partial charge < -0.3 is 9.52 Å². The number of hydrogen-bond donors (Lipinski definition) is 1. The highest BCUT2D eigenvalue weighted by Crippen LogP contribution is 2.18. The lowest BCUT2D eigenvalue weighted by atomic mass is 10.1. The molecule has 1 atom stereocenters. The zero-order chi connectivity index (χ0) is 13.8. The van der Waals surface area contributed by atoms with Crippen molar-refractivity contribution in [3.05, 3.63) is 58.5 Å². The van der Waals surface area contributed by atoms with Gasteiger partial charge in [0.2, 0.25) is 0 Å². The van der Waals surface area contributed by atoms with Crippen LogP contribution in [-0.4, -0.2) is 23.6 Å². The summed E-state index contributed by atoms with van der Waals surface area (Å²) in [4.78, 5) is 2.07. The fraction of sp³-hybridized carbons (Fsp3) is 0.333. The van der Waals surface area contributed by atoms with Crippen molar-refractivity contribution >= 4 is 11.6 Å². The highest BCUT2D eigenvalue weighted by atomic mass is 35.5. The zero-order valence-electron chi connectivity index (χ0n) is 11.1. The van der Waals surface area contributed by atoms with E-state index in [1.807, 2.05) is 32.2 Å². The van der Waals surface area contributed by atoms with Gasteiger partial charge in [0.15, 0.2) is 0 Å². The van der Waals surface area contributed by atoms with Crippen molar-refractivity contribution < 1.29 is 9.52 Å². The summed E-state index contributed by atoms with van der Waals surface area (Å²) in [5, 5.41) is 10.9. The van der Waals surface area contributed by atoms with Gasteiger partial charge in [-0.15, -0.1) is 0 Å². The van der Waals surface area contributed by atoms with Crippen molar-refractivity contribution in [2.75, 3.05) is 13.6 Å². The SMILES string of the molecule is Cc1occc1CN(C)CC(O)c1ccc(Cl)cc1. The average Bonchev–Trinajstić information content (AvgIpc) is 2.75. The number of benzene rings is 1. The first-order valence-electron chi connectivity index (χ1n) is 6.21. The summed E-state index contributed by atoms with van der Waals surface area (Å²) in [5.74, 6) is 0.924. The molecule has 0 fully saturated rings. The second-order valence-corrected chi connectivity index (χ2v) is 5.20. The molecule has 102 valence electrons. The largest absolute Gasteiger partial charge is 0.469 e. The molecule has 2 aromatic rings. The van der Waals surface area contributed by atoms with E-state index in [0.29, 0.717) is 11.6 Å². The average molecular weight is 280 g/mol. The van der Waals surface area contributed by atoms with E-state index < -0.39 is 6.10 Å². The molecule has 1 unspecified atom stereocenters. The van der Waals surface area contributed by atoms with Crippen LogP contribution in [0.4, 0.5) is 0 Å². The number of rotatable bonds is 5.